The largest absolute Gasteiger partial charge is 0.477 e. The summed E-state index contributed by atoms with van der Waals surface area (Å²) in [5.41, 5.74) is 5.52. The minimum atomic E-state index is -1.26. The van der Waals surface area contributed by atoms with E-state index in [0.29, 0.717) is 23.6 Å². The number of rotatable bonds is 7. The Kier molecular flexibility index (Phi) is 7.76. The van der Waals surface area contributed by atoms with Crippen molar-refractivity contribution < 1.29 is 29.1 Å². The highest BCUT2D eigenvalue weighted by Gasteiger charge is 2.55. The molecule has 12 nitrogen and oxygen atoms in total. The number of β-lactam (4-membered cyclic amide) rings is 1. The van der Waals surface area contributed by atoms with E-state index in [1.54, 1.807) is 0 Å². The maximum Gasteiger partial charge on any atom is 0.353 e. The van der Waals surface area contributed by atoms with Crippen molar-refractivity contribution in [1.82, 2.24) is 20.5 Å². The van der Waals surface area contributed by atoms with Gasteiger partial charge < -0.3 is 26.3 Å². The third-order valence-electron chi connectivity index (χ3n) is 4.87. The highest BCUT2D eigenvalue weighted by Crippen LogP contribution is 2.45. The van der Waals surface area contributed by atoms with Crippen molar-refractivity contribution in [3.63, 3.8) is 0 Å². The SMILES string of the molecule is CON=C(C(=O)N[C@@H]1C(=O)N2C(C(=O)O)=C(SC3CCNC3=O)CS[C@@H]12)c1csc(N)n1.Cl. The molecular formula is C17H19ClN6O6S3. The van der Waals surface area contributed by atoms with Crippen LogP contribution in [0.1, 0.15) is 12.1 Å². The van der Waals surface area contributed by atoms with Crippen molar-refractivity contribution in [3.05, 3.63) is 21.7 Å². The number of nitrogens with one attached hydrogen (secondary N) is 2. The summed E-state index contributed by atoms with van der Waals surface area (Å²) < 4.78 is 0. The summed E-state index contributed by atoms with van der Waals surface area (Å²) in [6.45, 7) is 0.536. The number of nitrogens with two attached hydrogens (primary N) is 1. The van der Waals surface area contributed by atoms with Crippen LogP contribution >= 0.6 is 47.3 Å². The maximum absolute atomic E-state index is 12.8. The van der Waals surface area contributed by atoms with Crippen LogP contribution < -0.4 is 16.4 Å². The van der Waals surface area contributed by atoms with Crippen molar-refractivity contribution in [2.45, 2.75) is 23.1 Å². The van der Waals surface area contributed by atoms with Crippen molar-refractivity contribution in [2.75, 3.05) is 25.1 Å². The first-order valence-electron chi connectivity index (χ1n) is 9.30. The summed E-state index contributed by atoms with van der Waals surface area (Å²) in [4.78, 5) is 59.8. The van der Waals surface area contributed by atoms with E-state index in [1.165, 1.54) is 36.0 Å². The lowest BCUT2D eigenvalue weighted by atomic mass is 10.0. The van der Waals surface area contributed by atoms with E-state index in [0.717, 1.165) is 16.2 Å². The number of aliphatic carboxylic acids is 1. The molecule has 3 aliphatic heterocycles. The number of aromatic nitrogens is 1. The van der Waals surface area contributed by atoms with Crippen molar-refractivity contribution in [3.8, 4) is 0 Å². The van der Waals surface area contributed by atoms with Crippen LogP contribution in [0.5, 0.6) is 0 Å². The molecule has 0 aliphatic carbocycles. The fourth-order valence-corrected chi connectivity index (χ4v) is 6.72. The molecule has 2 saturated heterocycles. The van der Waals surface area contributed by atoms with E-state index in [2.05, 4.69) is 20.8 Å². The molecule has 0 radical (unpaired) electrons. The van der Waals surface area contributed by atoms with E-state index >= 15 is 0 Å². The number of halogens is 1. The Bertz CT molecular complexity index is 1060. The lowest BCUT2D eigenvalue weighted by molar-refractivity contribution is -0.150. The summed E-state index contributed by atoms with van der Waals surface area (Å²) in [7, 11) is 1.27. The van der Waals surface area contributed by atoms with E-state index < -0.39 is 29.2 Å². The van der Waals surface area contributed by atoms with Gasteiger partial charge in [0, 0.05) is 22.6 Å². The third kappa shape index (κ3) is 4.76. The number of carbonyl (C=O) groups is 4. The molecule has 178 valence electrons. The van der Waals surface area contributed by atoms with Crippen LogP contribution in [0.2, 0.25) is 0 Å². The van der Waals surface area contributed by atoms with E-state index in [9.17, 15) is 24.3 Å². The molecule has 4 heterocycles. The Hall–Kier alpha value is -2.49. The predicted octanol–water partition coefficient (Wildman–Crippen LogP) is -0.185. The zero-order valence-electron chi connectivity index (χ0n) is 17.0. The second-order valence-electron chi connectivity index (χ2n) is 6.82. The highest BCUT2D eigenvalue weighted by molar-refractivity contribution is 8.07. The van der Waals surface area contributed by atoms with E-state index in [1.807, 2.05) is 0 Å². The average Bonchev–Trinajstić information content (AvgIpc) is 3.37. The number of hydrogen-bond acceptors (Lipinski definition) is 11. The topological polar surface area (TPSA) is 176 Å². The van der Waals surface area contributed by atoms with Gasteiger partial charge in [0.15, 0.2) is 10.8 Å². The van der Waals surface area contributed by atoms with Gasteiger partial charge in [0.1, 0.15) is 29.9 Å². The van der Waals surface area contributed by atoms with Crippen molar-refractivity contribution in [1.29, 1.82) is 0 Å². The minimum absolute atomic E-state index is 0. The average molecular weight is 535 g/mol. The molecule has 3 atom stereocenters. The first-order chi connectivity index (χ1) is 15.3. The Morgan fingerprint density at radius 1 is 1.45 bits per heavy atom. The first kappa shape index (κ1) is 25.1. The van der Waals surface area contributed by atoms with Crippen molar-refractivity contribution in [2.24, 2.45) is 5.16 Å². The second-order valence-corrected chi connectivity index (χ2v) is 10.1. The molecular weight excluding hydrogens is 516 g/mol. The molecule has 33 heavy (non-hydrogen) atoms. The van der Waals surface area contributed by atoms with Crippen LogP contribution in [0, 0.1) is 0 Å². The van der Waals surface area contributed by atoms with Gasteiger partial charge in [-0.3, -0.25) is 19.3 Å². The Morgan fingerprint density at radius 3 is 2.79 bits per heavy atom. The number of carbonyl (C=O) groups excluding carboxylic acids is 3. The smallest absolute Gasteiger partial charge is 0.353 e. The molecule has 0 aromatic carbocycles. The van der Waals surface area contributed by atoms with Gasteiger partial charge in [0.2, 0.25) is 5.91 Å². The Morgan fingerprint density at radius 2 is 2.21 bits per heavy atom. The van der Waals surface area contributed by atoms with Gasteiger partial charge >= 0.3 is 5.97 Å². The number of amides is 3. The standard InChI is InChI=1S/C17H18N6O6S3.ClH/c1-29-22-9(6-4-31-17(18)20-6)13(25)21-10-14(26)23-11(16(27)28)8(5-30-15(10)23)32-7-2-3-19-12(7)24;/h4,7,10,15H,2-3,5H2,1H3,(H2,18,20)(H,19,24)(H,21,25)(H,27,28);1H/t7?,10-,15+;/m1./s1. The van der Waals surface area contributed by atoms with E-state index in [-0.39, 0.29) is 45.8 Å². The quantitative estimate of drug-likeness (QED) is 0.208. The molecule has 1 aromatic rings. The van der Waals surface area contributed by atoms with Crippen LogP contribution in [0.25, 0.3) is 0 Å². The molecule has 0 saturated carbocycles. The molecule has 16 heteroatoms. The van der Waals surface area contributed by atoms with Gasteiger partial charge in [-0.15, -0.1) is 47.3 Å². The van der Waals surface area contributed by atoms with Crippen LogP contribution in [0.15, 0.2) is 21.1 Å². The first-order valence-corrected chi connectivity index (χ1v) is 12.1. The second kappa shape index (κ2) is 10.2. The summed E-state index contributed by atoms with van der Waals surface area (Å²) in [5.74, 6) is -2.35. The van der Waals surface area contributed by atoms with E-state index in [4.69, 9.17) is 10.6 Å². The number of thioether (sulfide) groups is 2. The normalized spacial score (nSPS) is 24.5. The fraction of sp³-hybridized carbons (Fsp3) is 0.412. The van der Waals surface area contributed by atoms with Crippen LogP contribution in [0.4, 0.5) is 5.13 Å². The molecule has 3 aliphatic rings. The number of oxime groups is 1. The van der Waals surface area contributed by atoms with Crippen LogP contribution in [-0.4, -0.2) is 80.5 Å². The molecule has 0 spiro atoms. The highest BCUT2D eigenvalue weighted by atomic mass is 35.5. The number of fused-ring (bicyclic) bond motifs is 1. The molecule has 4 rings (SSSR count). The zero-order valence-corrected chi connectivity index (χ0v) is 20.2. The molecule has 0 bridgehead atoms. The lowest BCUT2D eigenvalue weighted by Gasteiger charge is -2.49. The van der Waals surface area contributed by atoms with Crippen molar-refractivity contribution >= 4 is 81.8 Å². The van der Waals surface area contributed by atoms with Gasteiger partial charge in [-0.25, -0.2) is 9.78 Å². The number of thiazole rings is 1. The minimum Gasteiger partial charge on any atom is -0.477 e. The number of anilines is 1. The predicted molar refractivity (Wildman–Crippen MR) is 126 cm³/mol. The number of nitrogens with zero attached hydrogens (tertiary/aromatic N) is 3. The lowest BCUT2D eigenvalue weighted by Crippen LogP contribution is -2.71. The summed E-state index contributed by atoms with van der Waals surface area (Å²) >= 11 is 3.61. The summed E-state index contributed by atoms with van der Waals surface area (Å²) in [6, 6.07) is -0.943. The molecule has 1 aromatic heterocycles. The molecule has 2 fully saturated rings. The molecule has 3 amide bonds. The van der Waals surface area contributed by atoms with Gasteiger partial charge in [-0.1, -0.05) is 5.16 Å². The van der Waals surface area contributed by atoms with Gasteiger partial charge in [0.25, 0.3) is 11.8 Å². The van der Waals surface area contributed by atoms with Crippen LogP contribution in [-0.2, 0) is 24.0 Å². The number of hydrogen-bond donors (Lipinski definition) is 4. The third-order valence-corrected chi connectivity index (χ3v) is 8.36. The maximum atomic E-state index is 12.8. The molecule has 5 N–H and O–H groups in total. The monoisotopic (exact) mass is 534 g/mol. The fourth-order valence-electron chi connectivity index (χ4n) is 3.44. The number of nitrogen functional groups attached to an aromatic ring is 1. The molecule has 1 unspecified atom stereocenters. The Balaban J connectivity index is 0.00000306. The summed E-state index contributed by atoms with van der Waals surface area (Å²) in [6.07, 6.45) is 0.587. The number of carboxylic acids is 1. The van der Waals surface area contributed by atoms with Gasteiger partial charge in [-0.05, 0) is 6.42 Å². The zero-order chi connectivity index (χ0) is 23.0. The van der Waals surface area contributed by atoms with Gasteiger partial charge in [-0.2, -0.15) is 0 Å². The summed E-state index contributed by atoms with van der Waals surface area (Å²) in [5, 5.41) is 19.5. The van der Waals surface area contributed by atoms with Crippen LogP contribution in [0.3, 0.4) is 0 Å². The number of carboxylic acid groups (broad SMARTS) is 1. The van der Waals surface area contributed by atoms with Gasteiger partial charge in [0.05, 0.1) is 5.25 Å². The Labute approximate surface area is 206 Å².